The second-order valence-corrected chi connectivity index (χ2v) is 4.81. The molecule has 0 amide bonds. The molecule has 0 aliphatic carbocycles. The van der Waals surface area contributed by atoms with E-state index in [4.69, 9.17) is 4.74 Å². The summed E-state index contributed by atoms with van der Waals surface area (Å²) in [6.45, 7) is -0.237. The standard InChI is InChI=1S/C16H13F3N2O3/c1-24-14-8-4-12(5-9-14)15(16(17,18)19)20-10-11-2-6-13(7-3-11)21(22)23/h2-9H,10H2,1H3/b20-15+. The Morgan fingerprint density at radius 3 is 2.17 bits per heavy atom. The predicted octanol–water partition coefficient (Wildman–Crippen LogP) is 4.16. The third-order valence-electron chi connectivity index (χ3n) is 3.20. The van der Waals surface area contributed by atoms with Crippen LogP contribution >= 0.6 is 0 Å². The number of benzene rings is 2. The van der Waals surface area contributed by atoms with Crippen molar-refractivity contribution in [1.82, 2.24) is 0 Å². The van der Waals surface area contributed by atoms with Crippen molar-refractivity contribution in [2.24, 2.45) is 4.99 Å². The second-order valence-electron chi connectivity index (χ2n) is 4.81. The molecule has 0 atom stereocenters. The summed E-state index contributed by atoms with van der Waals surface area (Å²) >= 11 is 0. The summed E-state index contributed by atoms with van der Waals surface area (Å²) in [6.07, 6.45) is -4.62. The molecule has 2 aromatic rings. The molecule has 2 aromatic carbocycles. The van der Waals surface area contributed by atoms with Gasteiger partial charge in [-0.25, -0.2) is 0 Å². The number of nitro benzene ring substituents is 1. The number of hydrogen-bond acceptors (Lipinski definition) is 4. The maximum atomic E-state index is 13.2. The highest BCUT2D eigenvalue weighted by atomic mass is 19.4. The van der Waals surface area contributed by atoms with Crippen LogP contribution < -0.4 is 4.74 Å². The molecule has 0 heterocycles. The Labute approximate surface area is 135 Å². The van der Waals surface area contributed by atoms with Gasteiger partial charge < -0.3 is 4.74 Å². The number of halogens is 3. The zero-order valence-electron chi connectivity index (χ0n) is 12.6. The van der Waals surface area contributed by atoms with E-state index in [1.807, 2.05) is 0 Å². The molecule has 126 valence electrons. The number of nitrogens with zero attached hydrogens (tertiary/aromatic N) is 2. The number of aliphatic imine (C=N–C) groups is 1. The van der Waals surface area contributed by atoms with Crippen molar-refractivity contribution in [3.63, 3.8) is 0 Å². The van der Waals surface area contributed by atoms with Crippen molar-refractivity contribution in [3.05, 3.63) is 69.8 Å². The van der Waals surface area contributed by atoms with Crippen LogP contribution in [0.15, 0.2) is 53.5 Å². The Morgan fingerprint density at radius 1 is 1.12 bits per heavy atom. The number of hydrogen-bond donors (Lipinski definition) is 0. The zero-order valence-corrected chi connectivity index (χ0v) is 12.6. The first kappa shape index (κ1) is 17.5. The smallest absolute Gasteiger partial charge is 0.433 e. The number of ether oxygens (including phenoxy) is 1. The highest BCUT2D eigenvalue weighted by Crippen LogP contribution is 2.25. The SMILES string of the molecule is COc1ccc(/C(=N\Cc2ccc([N+](=O)[O-])cc2)C(F)(F)F)cc1. The van der Waals surface area contributed by atoms with Crippen molar-refractivity contribution in [2.75, 3.05) is 7.11 Å². The van der Waals surface area contributed by atoms with Gasteiger partial charge in [0.25, 0.3) is 5.69 Å². The highest BCUT2D eigenvalue weighted by molar-refractivity contribution is 6.04. The fourth-order valence-corrected chi connectivity index (χ4v) is 1.99. The van der Waals surface area contributed by atoms with Crippen LogP contribution in [0.3, 0.4) is 0 Å². The van der Waals surface area contributed by atoms with Crippen molar-refractivity contribution in [3.8, 4) is 5.75 Å². The maximum absolute atomic E-state index is 13.2. The van der Waals surface area contributed by atoms with Gasteiger partial charge >= 0.3 is 6.18 Å². The van der Waals surface area contributed by atoms with Crippen molar-refractivity contribution in [1.29, 1.82) is 0 Å². The number of methoxy groups -OCH3 is 1. The zero-order chi connectivity index (χ0) is 17.7. The molecule has 5 nitrogen and oxygen atoms in total. The van der Waals surface area contributed by atoms with Crippen LogP contribution in [0.1, 0.15) is 11.1 Å². The van der Waals surface area contributed by atoms with E-state index in [1.54, 1.807) is 0 Å². The molecule has 8 heteroatoms. The molecule has 0 radical (unpaired) electrons. The first-order chi connectivity index (χ1) is 11.3. The molecule has 0 aliphatic rings. The lowest BCUT2D eigenvalue weighted by atomic mass is 10.1. The van der Waals surface area contributed by atoms with Gasteiger partial charge in [-0.1, -0.05) is 12.1 Å². The summed E-state index contributed by atoms with van der Waals surface area (Å²) in [5.74, 6) is 0.440. The minimum absolute atomic E-state index is 0.0785. The van der Waals surface area contributed by atoms with Crippen LogP contribution in [0.4, 0.5) is 18.9 Å². The van der Waals surface area contributed by atoms with Crippen LogP contribution in [-0.2, 0) is 6.54 Å². The minimum Gasteiger partial charge on any atom is -0.497 e. The van der Waals surface area contributed by atoms with Crippen LogP contribution in [0.5, 0.6) is 5.75 Å². The van der Waals surface area contributed by atoms with E-state index >= 15 is 0 Å². The maximum Gasteiger partial charge on any atom is 0.433 e. The van der Waals surface area contributed by atoms with Crippen molar-refractivity contribution >= 4 is 11.4 Å². The van der Waals surface area contributed by atoms with E-state index in [9.17, 15) is 23.3 Å². The number of alkyl halides is 3. The normalized spacial score (nSPS) is 12.1. The van der Waals surface area contributed by atoms with Gasteiger partial charge in [0.1, 0.15) is 11.5 Å². The molecule has 0 bridgehead atoms. The number of nitro groups is 1. The lowest BCUT2D eigenvalue weighted by Crippen LogP contribution is -2.24. The Bertz CT molecular complexity index is 739. The van der Waals surface area contributed by atoms with E-state index in [-0.39, 0.29) is 17.8 Å². The summed E-state index contributed by atoms with van der Waals surface area (Å²) < 4.78 is 44.5. The van der Waals surface area contributed by atoms with E-state index in [1.165, 1.54) is 55.6 Å². The van der Waals surface area contributed by atoms with Crippen molar-refractivity contribution in [2.45, 2.75) is 12.7 Å². The van der Waals surface area contributed by atoms with E-state index < -0.39 is 16.8 Å². The topological polar surface area (TPSA) is 64.7 Å². The predicted molar refractivity (Wildman–Crippen MR) is 82.4 cm³/mol. The largest absolute Gasteiger partial charge is 0.497 e. The van der Waals surface area contributed by atoms with Gasteiger partial charge in [-0.15, -0.1) is 0 Å². The molecular weight excluding hydrogens is 325 g/mol. The van der Waals surface area contributed by atoms with Gasteiger partial charge in [-0.3, -0.25) is 15.1 Å². The fourth-order valence-electron chi connectivity index (χ4n) is 1.99. The molecule has 0 aromatic heterocycles. The van der Waals surface area contributed by atoms with E-state index in [0.29, 0.717) is 11.3 Å². The van der Waals surface area contributed by atoms with Gasteiger partial charge in [-0.2, -0.15) is 13.2 Å². The Hall–Kier alpha value is -2.90. The van der Waals surface area contributed by atoms with Crippen molar-refractivity contribution < 1.29 is 22.8 Å². The molecule has 0 N–H and O–H groups in total. The monoisotopic (exact) mass is 338 g/mol. The van der Waals surface area contributed by atoms with Gasteiger partial charge in [0.2, 0.25) is 0 Å². The lowest BCUT2D eigenvalue weighted by molar-refractivity contribution is -0.384. The second kappa shape index (κ2) is 7.12. The quantitative estimate of drug-likeness (QED) is 0.467. The Morgan fingerprint density at radius 2 is 1.71 bits per heavy atom. The molecule has 0 spiro atoms. The first-order valence-electron chi connectivity index (χ1n) is 6.80. The van der Waals surface area contributed by atoms with E-state index in [2.05, 4.69) is 4.99 Å². The lowest BCUT2D eigenvalue weighted by Gasteiger charge is -2.11. The Kier molecular flexibility index (Phi) is 5.18. The summed E-state index contributed by atoms with van der Waals surface area (Å²) in [5.41, 5.74) is -0.779. The molecule has 0 unspecified atom stereocenters. The van der Waals surface area contributed by atoms with E-state index in [0.717, 1.165) is 0 Å². The van der Waals surface area contributed by atoms with Crippen LogP contribution in [-0.4, -0.2) is 23.9 Å². The summed E-state index contributed by atoms with van der Waals surface area (Å²) in [5, 5.41) is 10.6. The number of non-ortho nitro benzene ring substituents is 1. The molecule has 0 fully saturated rings. The average molecular weight is 338 g/mol. The molecule has 2 rings (SSSR count). The van der Waals surface area contributed by atoms with Crippen LogP contribution in [0.25, 0.3) is 0 Å². The molecule has 24 heavy (non-hydrogen) atoms. The van der Waals surface area contributed by atoms with Crippen LogP contribution in [0, 0.1) is 10.1 Å². The average Bonchev–Trinajstić information content (AvgIpc) is 2.55. The van der Waals surface area contributed by atoms with Gasteiger partial charge in [0.05, 0.1) is 18.6 Å². The minimum atomic E-state index is -4.62. The van der Waals surface area contributed by atoms with Crippen LogP contribution in [0.2, 0.25) is 0 Å². The summed E-state index contributed by atoms with van der Waals surface area (Å²) in [4.78, 5) is 13.6. The first-order valence-corrected chi connectivity index (χ1v) is 6.80. The molecule has 0 saturated heterocycles. The fraction of sp³-hybridized carbons (Fsp3) is 0.188. The van der Waals surface area contributed by atoms with Gasteiger partial charge in [0.15, 0.2) is 0 Å². The summed E-state index contributed by atoms with van der Waals surface area (Å²) in [7, 11) is 1.42. The number of rotatable bonds is 5. The highest BCUT2D eigenvalue weighted by Gasteiger charge is 2.36. The third-order valence-corrected chi connectivity index (χ3v) is 3.20. The third kappa shape index (κ3) is 4.31. The molecular formula is C16H13F3N2O3. The molecule has 0 aliphatic heterocycles. The Balaban J connectivity index is 2.27. The summed E-state index contributed by atoms with van der Waals surface area (Å²) in [6, 6.07) is 10.6. The van der Waals surface area contributed by atoms with Gasteiger partial charge in [-0.05, 0) is 29.8 Å². The van der Waals surface area contributed by atoms with Gasteiger partial charge in [0, 0.05) is 17.7 Å². The molecule has 0 saturated carbocycles.